The predicted molar refractivity (Wildman–Crippen MR) is 67.1 cm³/mol. The summed E-state index contributed by atoms with van der Waals surface area (Å²) in [7, 11) is 1.74. The maximum atomic E-state index is 11.5. The van der Waals surface area contributed by atoms with E-state index in [4.69, 9.17) is 5.53 Å². The van der Waals surface area contributed by atoms with Crippen LogP contribution in [0.1, 0.15) is 23.7 Å². The summed E-state index contributed by atoms with van der Waals surface area (Å²) in [6, 6.07) is 5.48. The topological polar surface area (TPSA) is 89.3 Å². The normalized spacial score (nSPS) is 15.2. The number of aliphatic hydroxyl groups excluding tert-OH is 1. The van der Waals surface area contributed by atoms with E-state index in [0.717, 1.165) is 16.8 Å². The third-order valence-corrected chi connectivity index (χ3v) is 3.13. The molecule has 1 unspecified atom stereocenters. The second-order valence-electron chi connectivity index (χ2n) is 4.28. The number of carbonyl (C=O) groups is 1. The first-order valence-electron chi connectivity index (χ1n) is 5.72. The average molecular weight is 246 g/mol. The van der Waals surface area contributed by atoms with E-state index in [9.17, 15) is 9.90 Å². The van der Waals surface area contributed by atoms with E-state index in [1.165, 1.54) is 0 Å². The van der Waals surface area contributed by atoms with Crippen LogP contribution in [0.15, 0.2) is 23.3 Å². The Labute approximate surface area is 104 Å². The van der Waals surface area contributed by atoms with Gasteiger partial charge in [-0.1, -0.05) is 17.2 Å². The Balaban J connectivity index is 2.15. The van der Waals surface area contributed by atoms with Crippen molar-refractivity contribution in [1.82, 2.24) is 0 Å². The molecule has 0 aromatic heterocycles. The van der Waals surface area contributed by atoms with Crippen LogP contribution < -0.4 is 4.90 Å². The minimum Gasteiger partial charge on any atom is -0.388 e. The molecule has 0 radical (unpaired) electrons. The van der Waals surface area contributed by atoms with Crippen molar-refractivity contribution in [3.63, 3.8) is 0 Å². The van der Waals surface area contributed by atoms with Gasteiger partial charge in [0.15, 0.2) is 0 Å². The standard InChI is InChI=1S/C12H14N4O2/c1-16-10-3-2-8(6-9(10)7-12(16)18)11(17)4-5-14-15-13/h2-3,6,11,17H,4-5,7H2,1H3. The monoisotopic (exact) mass is 246 g/mol. The Morgan fingerprint density at radius 2 is 2.39 bits per heavy atom. The molecule has 6 nitrogen and oxygen atoms in total. The molecule has 1 heterocycles. The first-order valence-corrected chi connectivity index (χ1v) is 5.72. The molecule has 1 amide bonds. The van der Waals surface area contributed by atoms with Crippen LogP contribution in [0.4, 0.5) is 5.69 Å². The zero-order valence-electron chi connectivity index (χ0n) is 10.1. The molecule has 18 heavy (non-hydrogen) atoms. The molecule has 0 fully saturated rings. The third-order valence-electron chi connectivity index (χ3n) is 3.13. The molecule has 1 aromatic rings. The van der Waals surface area contributed by atoms with Crippen LogP contribution in [0.2, 0.25) is 0 Å². The van der Waals surface area contributed by atoms with Crippen LogP contribution in [0.5, 0.6) is 0 Å². The Bertz CT molecular complexity index is 523. The van der Waals surface area contributed by atoms with Crippen molar-refractivity contribution in [2.45, 2.75) is 18.9 Å². The van der Waals surface area contributed by atoms with Crippen LogP contribution in [-0.2, 0) is 11.2 Å². The number of anilines is 1. The van der Waals surface area contributed by atoms with Gasteiger partial charge in [0.2, 0.25) is 5.91 Å². The van der Waals surface area contributed by atoms with Gasteiger partial charge in [-0.25, -0.2) is 0 Å². The van der Waals surface area contributed by atoms with E-state index < -0.39 is 6.10 Å². The molecule has 1 atom stereocenters. The molecule has 1 aliphatic rings. The number of azide groups is 1. The van der Waals surface area contributed by atoms with Crippen molar-refractivity contribution in [2.24, 2.45) is 5.11 Å². The lowest BCUT2D eigenvalue weighted by Gasteiger charge is -2.13. The van der Waals surface area contributed by atoms with Crippen molar-refractivity contribution in [2.75, 3.05) is 18.5 Å². The van der Waals surface area contributed by atoms with Crippen LogP contribution >= 0.6 is 0 Å². The molecule has 0 saturated carbocycles. The second kappa shape index (κ2) is 5.08. The lowest BCUT2D eigenvalue weighted by atomic mass is 10.0. The highest BCUT2D eigenvalue weighted by atomic mass is 16.3. The summed E-state index contributed by atoms with van der Waals surface area (Å²) in [4.78, 5) is 15.8. The van der Waals surface area contributed by atoms with Gasteiger partial charge in [-0.15, -0.1) is 0 Å². The SMILES string of the molecule is CN1C(=O)Cc2cc(C(O)CCN=[N+]=[N-])ccc21. The summed E-state index contributed by atoms with van der Waals surface area (Å²) in [5.74, 6) is 0.0609. The minimum atomic E-state index is -0.665. The van der Waals surface area contributed by atoms with Crippen molar-refractivity contribution in [3.05, 3.63) is 39.8 Å². The van der Waals surface area contributed by atoms with Crippen LogP contribution in [0.25, 0.3) is 10.4 Å². The molecule has 1 aromatic carbocycles. The van der Waals surface area contributed by atoms with Crippen molar-refractivity contribution < 1.29 is 9.90 Å². The van der Waals surface area contributed by atoms with Crippen molar-refractivity contribution in [1.29, 1.82) is 0 Å². The number of rotatable bonds is 4. The maximum absolute atomic E-state index is 11.5. The Morgan fingerprint density at radius 3 is 3.11 bits per heavy atom. The highest BCUT2D eigenvalue weighted by Gasteiger charge is 2.24. The van der Waals surface area contributed by atoms with E-state index in [1.54, 1.807) is 18.0 Å². The summed E-state index contributed by atoms with van der Waals surface area (Å²) in [5, 5.41) is 13.3. The van der Waals surface area contributed by atoms with Crippen LogP contribution in [-0.4, -0.2) is 24.6 Å². The van der Waals surface area contributed by atoms with Gasteiger partial charge in [-0.2, -0.15) is 0 Å². The largest absolute Gasteiger partial charge is 0.388 e. The van der Waals surface area contributed by atoms with Gasteiger partial charge in [0.1, 0.15) is 0 Å². The summed E-state index contributed by atoms with van der Waals surface area (Å²) >= 11 is 0. The first-order chi connectivity index (χ1) is 8.63. The fourth-order valence-corrected chi connectivity index (χ4v) is 2.09. The summed E-state index contributed by atoms with van der Waals surface area (Å²) in [6.45, 7) is 0.258. The smallest absolute Gasteiger partial charge is 0.231 e. The number of benzene rings is 1. The molecule has 0 bridgehead atoms. The molecule has 0 aliphatic carbocycles. The van der Waals surface area contributed by atoms with Gasteiger partial charge >= 0.3 is 0 Å². The fraction of sp³-hybridized carbons (Fsp3) is 0.417. The maximum Gasteiger partial charge on any atom is 0.231 e. The first kappa shape index (κ1) is 12.4. The number of hydrogen-bond donors (Lipinski definition) is 1. The fourth-order valence-electron chi connectivity index (χ4n) is 2.09. The minimum absolute atomic E-state index is 0.0609. The number of aliphatic hydroxyl groups is 1. The molecule has 1 N–H and O–H groups in total. The van der Waals surface area contributed by atoms with Gasteiger partial charge < -0.3 is 10.0 Å². The second-order valence-corrected chi connectivity index (χ2v) is 4.28. The highest BCUT2D eigenvalue weighted by Crippen LogP contribution is 2.30. The zero-order valence-corrected chi connectivity index (χ0v) is 10.1. The number of fused-ring (bicyclic) bond motifs is 1. The molecule has 2 rings (SSSR count). The predicted octanol–water partition coefficient (Wildman–Crippen LogP) is 1.94. The lowest BCUT2D eigenvalue weighted by molar-refractivity contribution is -0.117. The summed E-state index contributed by atoms with van der Waals surface area (Å²) < 4.78 is 0. The Kier molecular flexibility index (Phi) is 3.50. The summed E-state index contributed by atoms with van der Waals surface area (Å²) in [6.07, 6.45) is 0.0943. The van der Waals surface area contributed by atoms with Crippen molar-refractivity contribution >= 4 is 11.6 Å². The summed E-state index contributed by atoms with van der Waals surface area (Å²) in [5.41, 5.74) is 10.8. The van der Waals surface area contributed by atoms with E-state index in [0.29, 0.717) is 12.8 Å². The van der Waals surface area contributed by atoms with Gasteiger partial charge in [0, 0.05) is 24.2 Å². The van der Waals surface area contributed by atoms with Gasteiger partial charge in [-0.3, -0.25) is 4.79 Å². The van der Waals surface area contributed by atoms with Crippen molar-refractivity contribution in [3.8, 4) is 0 Å². The molecular formula is C12H14N4O2. The van der Waals surface area contributed by atoms with Crippen LogP contribution in [0.3, 0.4) is 0 Å². The molecule has 1 aliphatic heterocycles. The number of likely N-dealkylation sites (N-methyl/N-ethyl adjacent to an activating group) is 1. The Hall–Kier alpha value is -2.04. The zero-order chi connectivity index (χ0) is 13.1. The highest BCUT2D eigenvalue weighted by molar-refractivity contribution is 6.00. The molecule has 6 heteroatoms. The van der Waals surface area contributed by atoms with Gasteiger partial charge in [0.05, 0.1) is 12.5 Å². The molecule has 0 saturated heterocycles. The lowest BCUT2D eigenvalue weighted by Crippen LogP contribution is -2.20. The van der Waals surface area contributed by atoms with Gasteiger partial charge in [-0.05, 0) is 29.1 Å². The van der Waals surface area contributed by atoms with E-state index in [-0.39, 0.29) is 12.5 Å². The molecular weight excluding hydrogens is 232 g/mol. The Morgan fingerprint density at radius 1 is 1.61 bits per heavy atom. The average Bonchev–Trinajstić information content (AvgIpc) is 2.65. The third kappa shape index (κ3) is 2.30. The number of amides is 1. The van der Waals surface area contributed by atoms with Crippen LogP contribution in [0, 0.1) is 0 Å². The van der Waals surface area contributed by atoms with E-state index in [2.05, 4.69) is 10.0 Å². The molecule has 94 valence electrons. The van der Waals surface area contributed by atoms with Gasteiger partial charge in [0.25, 0.3) is 0 Å². The quantitative estimate of drug-likeness (QED) is 0.499. The number of carbonyl (C=O) groups excluding carboxylic acids is 1. The van der Waals surface area contributed by atoms with E-state index >= 15 is 0 Å². The molecule has 0 spiro atoms. The van der Waals surface area contributed by atoms with E-state index in [1.807, 2.05) is 12.1 Å². The number of nitrogens with zero attached hydrogens (tertiary/aromatic N) is 4. The number of hydrogen-bond acceptors (Lipinski definition) is 3.